The Morgan fingerprint density at radius 2 is 2.07 bits per heavy atom. The zero-order valence-corrected chi connectivity index (χ0v) is 17.8. The number of hydrogen-bond acceptors (Lipinski definition) is 5. The van der Waals surface area contributed by atoms with Crippen LogP contribution >= 0.6 is 0 Å². The van der Waals surface area contributed by atoms with Gasteiger partial charge in [-0.1, -0.05) is 0 Å². The van der Waals surface area contributed by atoms with Crippen LogP contribution in [0.3, 0.4) is 0 Å². The lowest BCUT2D eigenvalue weighted by Crippen LogP contribution is -2.48. The predicted molar refractivity (Wildman–Crippen MR) is 111 cm³/mol. The third-order valence-electron chi connectivity index (χ3n) is 5.19. The van der Waals surface area contributed by atoms with E-state index in [-0.39, 0.29) is 6.10 Å². The number of guanidine groups is 1. The van der Waals surface area contributed by atoms with Crippen LogP contribution in [0.25, 0.3) is 0 Å². The lowest BCUT2D eigenvalue weighted by Gasteiger charge is -2.35. The molecular formula is C20H36N6O2. The number of rotatable bonds is 6. The summed E-state index contributed by atoms with van der Waals surface area (Å²) < 4.78 is 13.6. The molecular weight excluding hydrogens is 356 g/mol. The fourth-order valence-corrected chi connectivity index (χ4v) is 4.02. The van der Waals surface area contributed by atoms with E-state index in [0.29, 0.717) is 18.8 Å². The van der Waals surface area contributed by atoms with Gasteiger partial charge in [0.05, 0.1) is 31.6 Å². The van der Waals surface area contributed by atoms with Crippen LogP contribution in [0.5, 0.6) is 0 Å². The van der Waals surface area contributed by atoms with E-state index in [0.717, 1.165) is 63.8 Å². The second kappa shape index (κ2) is 10.2. The van der Waals surface area contributed by atoms with Crippen molar-refractivity contribution in [3.63, 3.8) is 0 Å². The highest BCUT2D eigenvalue weighted by Gasteiger charge is 2.25. The molecule has 0 bridgehead atoms. The maximum Gasteiger partial charge on any atom is 0.194 e. The Hall–Kier alpha value is -1.64. The first-order valence-corrected chi connectivity index (χ1v) is 10.6. The molecule has 0 saturated carbocycles. The Labute approximate surface area is 168 Å². The van der Waals surface area contributed by atoms with Crippen molar-refractivity contribution < 1.29 is 9.47 Å². The molecule has 158 valence electrons. The van der Waals surface area contributed by atoms with Gasteiger partial charge in [0.1, 0.15) is 6.10 Å². The van der Waals surface area contributed by atoms with Gasteiger partial charge in [-0.2, -0.15) is 5.10 Å². The highest BCUT2D eigenvalue weighted by atomic mass is 16.5. The largest absolute Gasteiger partial charge is 0.373 e. The molecule has 8 heteroatoms. The highest BCUT2D eigenvalue weighted by Crippen LogP contribution is 2.21. The second-order valence-corrected chi connectivity index (χ2v) is 7.86. The lowest BCUT2D eigenvalue weighted by molar-refractivity contribution is -0.0679. The number of hydrogen-bond donors (Lipinski definition) is 1. The molecule has 1 N–H and O–H groups in total. The molecule has 1 aromatic rings. The number of morpholine rings is 2. The molecule has 2 fully saturated rings. The van der Waals surface area contributed by atoms with Gasteiger partial charge in [0.25, 0.3) is 0 Å². The molecule has 3 unspecified atom stereocenters. The normalized spacial score (nSPS) is 27.2. The quantitative estimate of drug-likeness (QED) is 0.447. The summed E-state index contributed by atoms with van der Waals surface area (Å²) >= 11 is 0. The minimum absolute atomic E-state index is 0.0441. The van der Waals surface area contributed by atoms with Crippen molar-refractivity contribution in [2.24, 2.45) is 12.0 Å². The average Bonchev–Trinajstić information content (AvgIpc) is 3.10. The molecule has 1 aromatic heterocycles. The first-order valence-electron chi connectivity index (χ1n) is 10.6. The van der Waals surface area contributed by atoms with E-state index in [1.807, 2.05) is 24.1 Å². The Kier molecular flexibility index (Phi) is 7.70. The zero-order valence-electron chi connectivity index (χ0n) is 17.8. The summed E-state index contributed by atoms with van der Waals surface area (Å²) in [5.41, 5.74) is 1.12. The van der Waals surface area contributed by atoms with Crippen LogP contribution in [-0.4, -0.2) is 90.2 Å². The minimum Gasteiger partial charge on any atom is -0.373 e. The summed E-state index contributed by atoms with van der Waals surface area (Å²) in [6.45, 7) is 13.6. The van der Waals surface area contributed by atoms with E-state index in [4.69, 9.17) is 14.5 Å². The smallest absolute Gasteiger partial charge is 0.194 e. The Morgan fingerprint density at radius 1 is 1.29 bits per heavy atom. The third-order valence-corrected chi connectivity index (χ3v) is 5.19. The van der Waals surface area contributed by atoms with Gasteiger partial charge in [-0.15, -0.1) is 0 Å². The number of aromatic nitrogens is 2. The highest BCUT2D eigenvalue weighted by molar-refractivity contribution is 5.80. The molecule has 2 aliphatic heterocycles. The van der Waals surface area contributed by atoms with Crippen LogP contribution in [0, 0.1) is 0 Å². The number of nitrogens with zero attached hydrogens (tertiary/aromatic N) is 5. The topological polar surface area (TPSA) is 67.2 Å². The molecule has 3 heterocycles. The molecule has 0 spiro atoms. The van der Waals surface area contributed by atoms with Crippen LogP contribution in [-0.2, 0) is 16.5 Å². The van der Waals surface area contributed by atoms with Crippen molar-refractivity contribution in [3.05, 3.63) is 18.0 Å². The number of aliphatic imine (C=N–C) groups is 1. The lowest BCUT2D eigenvalue weighted by atomic mass is 10.1. The van der Waals surface area contributed by atoms with Crippen molar-refractivity contribution in [2.45, 2.75) is 45.5 Å². The van der Waals surface area contributed by atoms with Crippen LogP contribution in [0.1, 0.15) is 38.9 Å². The average molecular weight is 393 g/mol. The van der Waals surface area contributed by atoms with E-state index >= 15 is 0 Å². The first-order chi connectivity index (χ1) is 13.5. The van der Waals surface area contributed by atoms with Gasteiger partial charge < -0.3 is 19.7 Å². The van der Waals surface area contributed by atoms with Crippen molar-refractivity contribution in [1.29, 1.82) is 0 Å². The number of aryl methyl sites for hydroxylation is 1. The van der Waals surface area contributed by atoms with Gasteiger partial charge in [-0.05, 0) is 27.2 Å². The summed E-state index contributed by atoms with van der Waals surface area (Å²) in [6, 6.07) is 0. The van der Waals surface area contributed by atoms with E-state index in [1.165, 1.54) is 0 Å². The predicted octanol–water partition coefficient (Wildman–Crippen LogP) is 1.26. The zero-order chi connectivity index (χ0) is 19.9. The summed E-state index contributed by atoms with van der Waals surface area (Å²) in [6.07, 6.45) is 5.67. The Bertz CT molecular complexity index is 624. The monoisotopic (exact) mass is 392 g/mol. The van der Waals surface area contributed by atoms with Gasteiger partial charge in [0.2, 0.25) is 0 Å². The minimum atomic E-state index is 0.0441. The molecule has 3 atom stereocenters. The maximum absolute atomic E-state index is 5.96. The molecule has 0 radical (unpaired) electrons. The maximum atomic E-state index is 5.96. The standard InChI is InChI=1S/C20H36N6O2/c1-5-21-20(22-7-6-8-25-12-16(2)28-17(3)13-25)26-9-10-27-19(15-26)18-11-23-24(4)14-18/h11,14,16-17,19H,5-10,12-13,15H2,1-4H3,(H,21,22). The molecule has 2 saturated heterocycles. The summed E-state index contributed by atoms with van der Waals surface area (Å²) in [4.78, 5) is 9.69. The van der Waals surface area contributed by atoms with Crippen molar-refractivity contribution >= 4 is 5.96 Å². The van der Waals surface area contributed by atoms with E-state index < -0.39 is 0 Å². The molecule has 0 aliphatic carbocycles. The van der Waals surface area contributed by atoms with Crippen LogP contribution in [0.4, 0.5) is 0 Å². The van der Waals surface area contributed by atoms with Crippen molar-refractivity contribution in [2.75, 3.05) is 52.4 Å². The van der Waals surface area contributed by atoms with E-state index in [1.54, 1.807) is 0 Å². The van der Waals surface area contributed by atoms with Gasteiger partial charge in [-0.3, -0.25) is 14.6 Å². The van der Waals surface area contributed by atoms with Crippen LogP contribution in [0.2, 0.25) is 0 Å². The molecule has 3 rings (SSSR count). The Morgan fingerprint density at radius 3 is 2.75 bits per heavy atom. The fraction of sp³-hybridized carbons (Fsp3) is 0.800. The SMILES string of the molecule is CCNC(=NCCCN1CC(C)OC(C)C1)N1CCOC(c2cnn(C)c2)C1. The first kappa shape index (κ1) is 21.1. The summed E-state index contributed by atoms with van der Waals surface area (Å²) in [5.74, 6) is 0.989. The summed E-state index contributed by atoms with van der Waals surface area (Å²) in [7, 11) is 1.94. The van der Waals surface area contributed by atoms with Gasteiger partial charge in [0, 0.05) is 58.1 Å². The van der Waals surface area contributed by atoms with Gasteiger partial charge in [-0.25, -0.2) is 0 Å². The third kappa shape index (κ3) is 5.93. The van der Waals surface area contributed by atoms with E-state index in [2.05, 4.69) is 41.0 Å². The molecule has 8 nitrogen and oxygen atoms in total. The van der Waals surface area contributed by atoms with Crippen LogP contribution in [0.15, 0.2) is 17.4 Å². The Balaban J connectivity index is 1.51. The van der Waals surface area contributed by atoms with Crippen LogP contribution < -0.4 is 5.32 Å². The molecule has 0 aromatic carbocycles. The van der Waals surface area contributed by atoms with Crippen molar-refractivity contribution in [3.8, 4) is 0 Å². The van der Waals surface area contributed by atoms with Crippen molar-refractivity contribution in [1.82, 2.24) is 24.9 Å². The fourth-order valence-electron chi connectivity index (χ4n) is 4.02. The molecule has 28 heavy (non-hydrogen) atoms. The van der Waals surface area contributed by atoms with Gasteiger partial charge >= 0.3 is 0 Å². The summed E-state index contributed by atoms with van der Waals surface area (Å²) in [5, 5.41) is 7.72. The molecule has 2 aliphatic rings. The second-order valence-electron chi connectivity index (χ2n) is 7.86. The van der Waals surface area contributed by atoms with E-state index in [9.17, 15) is 0 Å². The number of nitrogens with one attached hydrogen (secondary N) is 1. The van der Waals surface area contributed by atoms with Gasteiger partial charge in [0.15, 0.2) is 5.96 Å². The number of ether oxygens (including phenoxy) is 2. The molecule has 0 amide bonds.